The second-order valence-electron chi connectivity index (χ2n) is 3.92. The standard InChI is InChI=1S/C12H11ClN4O2S/c1-17-6-5-9(16-17)11(19)15-12(20)14-8-4-2-3-7(13)10(8)18/h2-6,18H,1H3,(H2,14,15,19,20). The van der Waals surface area contributed by atoms with Gasteiger partial charge in [0.2, 0.25) is 0 Å². The predicted octanol–water partition coefficient (Wildman–Crippen LogP) is 1.91. The number of halogens is 1. The van der Waals surface area contributed by atoms with Crippen molar-refractivity contribution in [3.8, 4) is 5.75 Å². The van der Waals surface area contributed by atoms with Crippen LogP contribution in [0.15, 0.2) is 30.5 Å². The van der Waals surface area contributed by atoms with Gasteiger partial charge in [-0.2, -0.15) is 5.10 Å². The summed E-state index contributed by atoms with van der Waals surface area (Å²) in [6.07, 6.45) is 1.65. The van der Waals surface area contributed by atoms with Gasteiger partial charge in [0.15, 0.2) is 16.6 Å². The third-order valence-corrected chi connectivity index (χ3v) is 2.92. The van der Waals surface area contributed by atoms with E-state index in [1.165, 1.54) is 10.7 Å². The zero-order chi connectivity index (χ0) is 14.7. The Balaban J connectivity index is 2.02. The van der Waals surface area contributed by atoms with Gasteiger partial charge in [0, 0.05) is 13.2 Å². The molecule has 104 valence electrons. The maximum Gasteiger partial charge on any atom is 0.277 e. The average Bonchev–Trinajstić information content (AvgIpc) is 2.82. The van der Waals surface area contributed by atoms with E-state index in [9.17, 15) is 9.90 Å². The van der Waals surface area contributed by atoms with E-state index in [0.29, 0.717) is 5.69 Å². The lowest BCUT2D eigenvalue weighted by Crippen LogP contribution is -2.34. The Morgan fingerprint density at radius 2 is 2.20 bits per heavy atom. The molecule has 6 nitrogen and oxygen atoms in total. The molecule has 3 N–H and O–H groups in total. The fraction of sp³-hybridized carbons (Fsp3) is 0.0833. The van der Waals surface area contributed by atoms with Crippen LogP contribution in [0.1, 0.15) is 10.5 Å². The van der Waals surface area contributed by atoms with Crippen molar-refractivity contribution in [2.45, 2.75) is 0 Å². The summed E-state index contributed by atoms with van der Waals surface area (Å²) in [5.41, 5.74) is 0.552. The van der Waals surface area contributed by atoms with Crippen molar-refractivity contribution in [1.82, 2.24) is 15.1 Å². The van der Waals surface area contributed by atoms with Crippen molar-refractivity contribution >= 4 is 40.5 Å². The van der Waals surface area contributed by atoms with Crippen molar-refractivity contribution in [3.63, 3.8) is 0 Å². The number of nitrogens with one attached hydrogen (secondary N) is 2. The highest BCUT2D eigenvalue weighted by Crippen LogP contribution is 2.30. The number of thiocarbonyl (C=S) groups is 1. The third-order valence-electron chi connectivity index (χ3n) is 2.41. The second kappa shape index (κ2) is 5.89. The Labute approximate surface area is 125 Å². The van der Waals surface area contributed by atoms with Crippen LogP contribution in [0.25, 0.3) is 0 Å². The number of carbonyl (C=O) groups is 1. The first-order chi connectivity index (χ1) is 9.47. The zero-order valence-corrected chi connectivity index (χ0v) is 12.0. The first-order valence-corrected chi connectivity index (χ1v) is 6.35. The largest absolute Gasteiger partial charge is 0.504 e. The minimum Gasteiger partial charge on any atom is -0.504 e. The number of phenolic OH excluding ortho intramolecular Hbond substituents is 1. The van der Waals surface area contributed by atoms with Crippen LogP contribution in [0.3, 0.4) is 0 Å². The lowest BCUT2D eigenvalue weighted by Gasteiger charge is -2.10. The minimum absolute atomic E-state index is 0.0400. The zero-order valence-electron chi connectivity index (χ0n) is 10.4. The monoisotopic (exact) mass is 310 g/mol. The summed E-state index contributed by atoms with van der Waals surface area (Å²) in [4.78, 5) is 11.8. The van der Waals surface area contributed by atoms with Crippen molar-refractivity contribution in [2.75, 3.05) is 5.32 Å². The number of hydrogen-bond donors (Lipinski definition) is 3. The number of phenols is 1. The van der Waals surface area contributed by atoms with Gasteiger partial charge >= 0.3 is 0 Å². The molecular formula is C12H11ClN4O2S. The van der Waals surface area contributed by atoms with Gasteiger partial charge in [-0.3, -0.25) is 14.8 Å². The number of anilines is 1. The summed E-state index contributed by atoms with van der Waals surface area (Å²) in [5, 5.41) is 19.0. The molecule has 2 aromatic rings. The molecule has 0 aliphatic carbocycles. The number of para-hydroxylation sites is 1. The summed E-state index contributed by atoms with van der Waals surface area (Å²) in [6.45, 7) is 0. The fourth-order valence-corrected chi connectivity index (χ4v) is 1.85. The summed E-state index contributed by atoms with van der Waals surface area (Å²) in [5.74, 6) is -0.576. The van der Waals surface area contributed by atoms with Crippen LogP contribution in [0.2, 0.25) is 5.02 Å². The van der Waals surface area contributed by atoms with Crippen LogP contribution in [0.4, 0.5) is 5.69 Å². The molecule has 0 unspecified atom stereocenters. The van der Waals surface area contributed by atoms with Gasteiger partial charge in [0.25, 0.3) is 5.91 Å². The van der Waals surface area contributed by atoms with E-state index in [4.69, 9.17) is 23.8 Å². The SMILES string of the molecule is Cn1ccc(C(=O)NC(=S)Nc2cccc(Cl)c2O)n1. The molecule has 0 bridgehead atoms. The smallest absolute Gasteiger partial charge is 0.277 e. The van der Waals surface area contributed by atoms with Gasteiger partial charge in [0.1, 0.15) is 0 Å². The first kappa shape index (κ1) is 14.3. The van der Waals surface area contributed by atoms with E-state index in [0.717, 1.165) is 0 Å². The first-order valence-electron chi connectivity index (χ1n) is 5.57. The Morgan fingerprint density at radius 1 is 1.45 bits per heavy atom. The molecule has 1 aromatic carbocycles. The highest BCUT2D eigenvalue weighted by molar-refractivity contribution is 7.80. The molecule has 8 heteroatoms. The Bertz CT molecular complexity index is 671. The molecule has 0 saturated carbocycles. The van der Waals surface area contributed by atoms with Crippen molar-refractivity contribution in [3.05, 3.63) is 41.2 Å². The number of nitrogens with zero attached hydrogens (tertiary/aromatic N) is 2. The van der Waals surface area contributed by atoms with Crippen molar-refractivity contribution in [2.24, 2.45) is 7.05 Å². The van der Waals surface area contributed by atoms with Crippen LogP contribution in [0.5, 0.6) is 5.75 Å². The van der Waals surface area contributed by atoms with Crippen LogP contribution >= 0.6 is 23.8 Å². The Hall–Kier alpha value is -2.12. The number of aromatic nitrogens is 2. The summed E-state index contributed by atoms with van der Waals surface area (Å²) in [6, 6.07) is 6.33. The lowest BCUT2D eigenvalue weighted by molar-refractivity contribution is 0.0972. The molecule has 20 heavy (non-hydrogen) atoms. The number of aromatic hydroxyl groups is 1. The van der Waals surface area contributed by atoms with Gasteiger partial charge in [-0.1, -0.05) is 17.7 Å². The van der Waals surface area contributed by atoms with Crippen LogP contribution in [-0.2, 0) is 7.05 Å². The number of rotatable bonds is 2. The quantitative estimate of drug-likeness (QED) is 0.583. The van der Waals surface area contributed by atoms with Gasteiger partial charge in [0.05, 0.1) is 10.7 Å². The molecule has 0 radical (unpaired) electrons. The summed E-state index contributed by atoms with van der Waals surface area (Å²) < 4.78 is 1.51. The maximum absolute atomic E-state index is 11.8. The normalized spacial score (nSPS) is 10.1. The van der Waals surface area contributed by atoms with Crippen molar-refractivity contribution in [1.29, 1.82) is 0 Å². The lowest BCUT2D eigenvalue weighted by atomic mass is 10.3. The van der Waals surface area contributed by atoms with E-state index in [1.807, 2.05) is 0 Å². The van der Waals surface area contributed by atoms with Gasteiger partial charge in [-0.05, 0) is 30.4 Å². The van der Waals surface area contributed by atoms with Crippen LogP contribution in [-0.4, -0.2) is 25.9 Å². The highest BCUT2D eigenvalue weighted by Gasteiger charge is 2.12. The number of carbonyl (C=O) groups excluding carboxylic acids is 1. The molecule has 0 saturated heterocycles. The molecule has 0 atom stereocenters. The van der Waals surface area contributed by atoms with E-state index >= 15 is 0 Å². The number of amides is 1. The Morgan fingerprint density at radius 3 is 2.85 bits per heavy atom. The van der Waals surface area contributed by atoms with E-state index in [1.54, 1.807) is 31.4 Å². The summed E-state index contributed by atoms with van der Waals surface area (Å²) in [7, 11) is 1.71. The number of hydrogen-bond acceptors (Lipinski definition) is 4. The van der Waals surface area contributed by atoms with E-state index < -0.39 is 5.91 Å². The molecule has 0 aliphatic rings. The molecule has 0 spiro atoms. The molecule has 2 rings (SSSR count). The van der Waals surface area contributed by atoms with Crippen LogP contribution in [0, 0.1) is 0 Å². The Kier molecular flexibility index (Phi) is 4.21. The maximum atomic E-state index is 11.8. The third kappa shape index (κ3) is 3.25. The number of benzene rings is 1. The van der Waals surface area contributed by atoms with E-state index in [2.05, 4.69) is 15.7 Å². The minimum atomic E-state index is -0.440. The number of aryl methyl sites for hydroxylation is 1. The highest BCUT2D eigenvalue weighted by atomic mass is 35.5. The van der Waals surface area contributed by atoms with Gasteiger partial charge in [-0.25, -0.2) is 0 Å². The average molecular weight is 311 g/mol. The molecule has 0 aliphatic heterocycles. The van der Waals surface area contributed by atoms with E-state index in [-0.39, 0.29) is 21.6 Å². The molecule has 1 amide bonds. The van der Waals surface area contributed by atoms with Crippen LogP contribution < -0.4 is 10.6 Å². The fourth-order valence-electron chi connectivity index (χ4n) is 1.47. The molecular weight excluding hydrogens is 300 g/mol. The topological polar surface area (TPSA) is 79.2 Å². The summed E-state index contributed by atoms with van der Waals surface area (Å²) >= 11 is 10.8. The molecule has 1 aromatic heterocycles. The van der Waals surface area contributed by atoms with Gasteiger partial charge < -0.3 is 10.4 Å². The predicted molar refractivity (Wildman–Crippen MR) is 80.0 cm³/mol. The molecule has 1 heterocycles. The second-order valence-corrected chi connectivity index (χ2v) is 4.73. The van der Waals surface area contributed by atoms with Gasteiger partial charge in [-0.15, -0.1) is 0 Å². The molecule has 0 fully saturated rings. The van der Waals surface area contributed by atoms with Crippen molar-refractivity contribution < 1.29 is 9.90 Å².